The molecular formula is C18H26N6O3. The topological polar surface area (TPSA) is 108 Å². The number of piperazine rings is 1. The average molecular weight is 374 g/mol. The molecule has 1 aliphatic rings. The van der Waals surface area contributed by atoms with Crippen molar-refractivity contribution in [3.05, 3.63) is 39.2 Å². The number of aromatic nitrogens is 4. The highest BCUT2D eigenvalue weighted by Crippen LogP contribution is 2.10. The standard InChI is InChI=1S/C18H26N6O3/c1-4-16-21-15(22-27-16)11-23-7-9-24(10-8-23)17(25)6-5-14-12(2)19-13(3)20-18(14)26/h4-11H2,1-3H3,(H,19,20,26). The van der Waals surface area contributed by atoms with Gasteiger partial charge in [0.15, 0.2) is 5.82 Å². The summed E-state index contributed by atoms with van der Waals surface area (Å²) >= 11 is 0. The summed E-state index contributed by atoms with van der Waals surface area (Å²) in [6.45, 7) is 9.04. The molecule has 27 heavy (non-hydrogen) atoms. The van der Waals surface area contributed by atoms with Crippen LogP contribution in [0.1, 0.15) is 42.1 Å². The molecule has 9 heteroatoms. The molecule has 0 aromatic carbocycles. The lowest BCUT2D eigenvalue weighted by molar-refractivity contribution is -0.133. The molecule has 1 amide bonds. The van der Waals surface area contributed by atoms with Gasteiger partial charge in [-0.1, -0.05) is 12.1 Å². The van der Waals surface area contributed by atoms with Gasteiger partial charge in [0, 0.05) is 50.3 Å². The fraction of sp³-hybridized carbons (Fsp3) is 0.611. The highest BCUT2D eigenvalue weighted by molar-refractivity contribution is 5.76. The van der Waals surface area contributed by atoms with E-state index in [1.165, 1.54) is 0 Å². The van der Waals surface area contributed by atoms with Crippen LogP contribution in [-0.4, -0.2) is 62.0 Å². The first kappa shape index (κ1) is 19.2. The first-order valence-corrected chi connectivity index (χ1v) is 9.34. The smallest absolute Gasteiger partial charge is 0.254 e. The molecule has 1 aliphatic heterocycles. The zero-order chi connectivity index (χ0) is 19.4. The second kappa shape index (κ2) is 8.43. The van der Waals surface area contributed by atoms with Gasteiger partial charge >= 0.3 is 0 Å². The minimum absolute atomic E-state index is 0.0712. The summed E-state index contributed by atoms with van der Waals surface area (Å²) in [5.41, 5.74) is 1.14. The van der Waals surface area contributed by atoms with Crippen molar-refractivity contribution in [1.82, 2.24) is 29.9 Å². The van der Waals surface area contributed by atoms with E-state index in [9.17, 15) is 9.59 Å². The van der Waals surface area contributed by atoms with Crippen molar-refractivity contribution >= 4 is 5.91 Å². The summed E-state index contributed by atoms with van der Waals surface area (Å²) in [6, 6.07) is 0. The number of aryl methyl sites for hydroxylation is 3. The maximum absolute atomic E-state index is 12.5. The highest BCUT2D eigenvalue weighted by Gasteiger charge is 2.22. The molecular weight excluding hydrogens is 348 g/mol. The van der Waals surface area contributed by atoms with Crippen molar-refractivity contribution < 1.29 is 9.32 Å². The van der Waals surface area contributed by atoms with Gasteiger partial charge in [0.1, 0.15) is 5.82 Å². The van der Waals surface area contributed by atoms with Crippen LogP contribution in [0.4, 0.5) is 0 Å². The third-order valence-corrected chi connectivity index (χ3v) is 4.83. The molecule has 1 fully saturated rings. The quantitative estimate of drug-likeness (QED) is 0.789. The molecule has 0 spiro atoms. The van der Waals surface area contributed by atoms with E-state index < -0.39 is 0 Å². The van der Waals surface area contributed by atoms with E-state index in [2.05, 4.69) is 25.0 Å². The highest BCUT2D eigenvalue weighted by atomic mass is 16.5. The second-order valence-corrected chi connectivity index (χ2v) is 6.83. The minimum atomic E-state index is -0.149. The van der Waals surface area contributed by atoms with Gasteiger partial charge in [-0.25, -0.2) is 4.98 Å². The van der Waals surface area contributed by atoms with E-state index in [1.54, 1.807) is 6.92 Å². The minimum Gasteiger partial charge on any atom is -0.340 e. The van der Waals surface area contributed by atoms with Crippen molar-refractivity contribution in [3.8, 4) is 0 Å². The molecule has 0 saturated carbocycles. The normalized spacial score (nSPS) is 15.3. The number of carbonyl (C=O) groups is 1. The molecule has 0 bridgehead atoms. The van der Waals surface area contributed by atoms with Gasteiger partial charge in [0.2, 0.25) is 11.8 Å². The Morgan fingerprint density at radius 1 is 1.19 bits per heavy atom. The number of aromatic amines is 1. The molecule has 0 unspecified atom stereocenters. The van der Waals surface area contributed by atoms with Gasteiger partial charge in [-0.15, -0.1) is 0 Å². The van der Waals surface area contributed by atoms with Gasteiger partial charge in [0.05, 0.1) is 6.54 Å². The Bertz CT molecular complexity index is 851. The number of H-pyrrole nitrogens is 1. The predicted octanol–water partition coefficient (Wildman–Crippen LogP) is 0.609. The predicted molar refractivity (Wildman–Crippen MR) is 98.2 cm³/mol. The van der Waals surface area contributed by atoms with Crippen LogP contribution in [0.15, 0.2) is 9.32 Å². The molecule has 2 aromatic heterocycles. The van der Waals surface area contributed by atoms with Crippen LogP contribution >= 0.6 is 0 Å². The van der Waals surface area contributed by atoms with Crippen molar-refractivity contribution in [2.24, 2.45) is 0 Å². The molecule has 3 rings (SSSR count). The number of hydrogen-bond acceptors (Lipinski definition) is 7. The van der Waals surface area contributed by atoms with Crippen LogP contribution in [0.3, 0.4) is 0 Å². The van der Waals surface area contributed by atoms with Crippen LogP contribution in [0.5, 0.6) is 0 Å². The average Bonchev–Trinajstić information content (AvgIpc) is 3.09. The number of amides is 1. The summed E-state index contributed by atoms with van der Waals surface area (Å²) in [5, 5.41) is 3.97. The van der Waals surface area contributed by atoms with Crippen LogP contribution in [0.2, 0.25) is 0 Å². The SMILES string of the molecule is CCc1nc(CN2CCN(C(=O)CCc3c(C)nc(C)[nH]c3=O)CC2)no1. The Labute approximate surface area is 157 Å². The Morgan fingerprint density at radius 2 is 1.93 bits per heavy atom. The Morgan fingerprint density at radius 3 is 2.56 bits per heavy atom. The van der Waals surface area contributed by atoms with E-state index in [0.29, 0.717) is 61.3 Å². The van der Waals surface area contributed by atoms with Crippen LogP contribution in [0, 0.1) is 13.8 Å². The monoisotopic (exact) mass is 374 g/mol. The van der Waals surface area contributed by atoms with Gasteiger partial charge in [0.25, 0.3) is 5.56 Å². The van der Waals surface area contributed by atoms with Crippen LogP contribution < -0.4 is 5.56 Å². The van der Waals surface area contributed by atoms with E-state index in [1.807, 2.05) is 18.7 Å². The summed E-state index contributed by atoms with van der Waals surface area (Å²) in [4.78, 5) is 39.9. The molecule has 0 atom stereocenters. The van der Waals surface area contributed by atoms with Crippen molar-refractivity contribution in [3.63, 3.8) is 0 Å². The second-order valence-electron chi connectivity index (χ2n) is 6.83. The molecule has 0 radical (unpaired) electrons. The molecule has 1 saturated heterocycles. The summed E-state index contributed by atoms with van der Waals surface area (Å²) in [5.74, 6) is 2.00. The lowest BCUT2D eigenvalue weighted by Crippen LogP contribution is -2.48. The first-order chi connectivity index (χ1) is 13.0. The fourth-order valence-electron chi connectivity index (χ4n) is 3.29. The molecule has 1 N–H and O–H groups in total. The summed E-state index contributed by atoms with van der Waals surface area (Å²) in [6.07, 6.45) is 1.46. The Kier molecular flexibility index (Phi) is 6.00. The molecule has 0 aliphatic carbocycles. The van der Waals surface area contributed by atoms with Crippen molar-refractivity contribution in [2.75, 3.05) is 26.2 Å². The third-order valence-electron chi connectivity index (χ3n) is 4.83. The lowest BCUT2D eigenvalue weighted by Gasteiger charge is -2.34. The van der Waals surface area contributed by atoms with E-state index >= 15 is 0 Å². The lowest BCUT2D eigenvalue weighted by atomic mass is 10.1. The fourth-order valence-corrected chi connectivity index (χ4v) is 3.29. The molecule has 9 nitrogen and oxygen atoms in total. The molecule has 146 valence electrons. The first-order valence-electron chi connectivity index (χ1n) is 9.34. The Hall–Kier alpha value is -2.55. The zero-order valence-corrected chi connectivity index (χ0v) is 16.1. The molecule has 3 heterocycles. The van der Waals surface area contributed by atoms with Gasteiger partial charge in [-0.3, -0.25) is 14.5 Å². The zero-order valence-electron chi connectivity index (χ0n) is 16.1. The van der Waals surface area contributed by atoms with Crippen LogP contribution in [0.25, 0.3) is 0 Å². The third kappa shape index (κ3) is 4.79. The van der Waals surface area contributed by atoms with Crippen LogP contribution in [-0.2, 0) is 24.2 Å². The number of nitrogens with zero attached hydrogens (tertiary/aromatic N) is 5. The maximum atomic E-state index is 12.5. The van der Waals surface area contributed by atoms with Crippen molar-refractivity contribution in [1.29, 1.82) is 0 Å². The van der Waals surface area contributed by atoms with Gasteiger partial charge < -0.3 is 14.4 Å². The molecule has 2 aromatic rings. The van der Waals surface area contributed by atoms with Gasteiger partial charge in [-0.05, 0) is 20.3 Å². The number of hydrogen-bond donors (Lipinski definition) is 1. The number of carbonyl (C=O) groups excluding carboxylic acids is 1. The number of rotatable bonds is 6. The maximum Gasteiger partial charge on any atom is 0.254 e. The van der Waals surface area contributed by atoms with E-state index in [-0.39, 0.29) is 11.5 Å². The van der Waals surface area contributed by atoms with Crippen molar-refractivity contribution in [2.45, 2.75) is 46.6 Å². The Balaban J connectivity index is 1.48. The summed E-state index contributed by atoms with van der Waals surface area (Å²) < 4.78 is 5.13. The largest absolute Gasteiger partial charge is 0.340 e. The summed E-state index contributed by atoms with van der Waals surface area (Å²) in [7, 11) is 0. The van der Waals surface area contributed by atoms with E-state index in [0.717, 1.165) is 19.5 Å². The number of nitrogens with one attached hydrogen (secondary N) is 1. The van der Waals surface area contributed by atoms with Gasteiger partial charge in [-0.2, -0.15) is 4.98 Å². The van der Waals surface area contributed by atoms with E-state index in [4.69, 9.17) is 4.52 Å².